The molecule has 6 nitrogen and oxygen atoms in total. The minimum Gasteiger partial charge on any atom is -0.497 e. The Balaban J connectivity index is 1.98. The molecule has 3 N–H and O–H groups in total. The van der Waals surface area contributed by atoms with E-state index in [0.29, 0.717) is 6.54 Å². The molecule has 0 saturated heterocycles. The van der Waals surface area contributed by atoms with E-state index in [0.717, 1.165) is 17.1 Å². The van der Waals surface area contributed by atoms with Gasteiger partial charge in [0.05, 0.1) is 31.1 Å². The summed E-state index contributed by atoms with van der Waals surface area (Å²) in [6.07, 6.45) is 1.85. The number of nitrogens with zero attached hydrogens (tertiary/aromatic N) is 2. The second-order valence-corrected chi connectivity index (χ2v) is 6.51. The molecule has 6 heteroatoms. The van der Waals surface area contributed by atoms with Gasteiger partial charge in [-0.15, -0.1) is 0 Å². The van der Waals surface area contributed by atoms with Crippen molar-refractivity contribution in [3.05, 3.63) is 42.2 Å². The number of ether oxygens (including phenoxy) is 1. The van der Waals surface area contributed by atoms with Crippen molar-refractivity contribution in [2.75, 3.05) is 7.11 Å². The molecule has 0 fully saturated rings. The molecule has 124 valence electrons. The van der Waals surface area contributed by atoms with Crippen LogP contribution >= 0.6 is 0 Å². The van der Waals surface area contributed by atoms with Gasteiger partial charge in [-0.25, -0.2) is 4.68 Å². The maximum Gasteiger partial charge on any atom is 0.237 e. The van der Waals surface area contributed by atoms with Crippen LogP contribution in [-0.4, -0.2) is 28.8 Å². The van der Waals surface area contributed by atoms with E-state index >= 15 is 0 Å². The highest BCUT2D eigenvalue weighted by molar-refractivity contribution is 5.82. The first-order valence-electron chi connectivity index (χ1n) is 7.53. The molecule has 1 atom stereocenters. The number of carbonyl (C=O) groups is 1. The van der Waals surface area contributed by atoms with Crippen LogP contribution in [0.15, 0.2) is 36.5 Å². The second kappa shape index (κ2) is 6.83. The third-order valence-electron chi connectivity index (χ3n) is 3.64. The van der Waals surface area contributed by atoms with E-state index in [4.69, 9.17) is 10.5 Å². The number of rotatable bonds is 5. The Morgan fingerprint density at radius 1 is 1.30 bits per heavy atom. The average molecular weight is 316 g/mol. The highest BCUT2D eigenvalue weighted by Gasteiger charge is 2.27. The number of carbonyl (C=O) groups excluding carboxylic acids is 1. The van der Waals surface area contributed by atoms with E-state index in [1.807, 2.05) is 57.3 Å². The van der Waals surface area contributed by atoms with E-state index in [1.165, 1.54) is 0 Å². The predicted octanol–water partition coefficient (Wildman–Crippen LogP) is 1.87. The van der Waals surface area contributed by atoms with Gasteiger partial charge in [-0.3, -0.25) is 4.79 Å². The molecule has 0 saturated carbocycles. The summed E-state index contributed by atoms with van der Waals surface area (Å²) in [7, 11) is 1.63. The monoisotopic (exact) mass is 316 g/mol. The van der Waals surface area contributed by atoms with Crippen LogP contribution < -0.4 is 15.8 Å². The lowest BCUT2D eigenvalue weighted by Gasteiger charge is -2.25. The lowest BCUT2D eigenvalue weighted by Crippen LogP contribution is -2.48. The zero-order valence-corrected chi connectivity index (χ0v) is 14.0. The molecule has 0 aliphatic rings. The summed E-state index contributed by atoms with van der Waals surface area (Å²) < 4.78 is 6.89. The molecule has 1 aromatic carbocycles. The molecule has 0 aliphatic heterocycles. The number of amides is 1. The molecule has 0 unspecified atom stereocenters. The lowest BCUT2D eigenvalue weighted by molar-refractivity contribution is -0.124. The van der Waals surface area contributed by atoms with Crippen molar-refractivity contribution in [1.82, 2.24) is 15.1 Å². The molecule has 0 spiro atoms. The van der Waals surface area contributed by atoms with Crippen molar-refractivity contribution in [2.45, 2.75) is 33.4 Å². The molecule has 0 bridgehead atoms. The number of nitrogens with two attached hydrogens (primary N) is 1. The lowest BCUT2D eigenvalue weighted by atomic mass is 9.87. The van der Waals surface area contributed by atoms with Crippen molar-refractivity contribution in [3.8, 4) is 11.4 Å². The minimum absolute atomic E-state index is 0.170. The molecule has 0 radical (unpaired) electrons. The fraction of sp³-hybridized carbons (Fsp3) is 0.412. The van der Waals surface area contributed by atoms with E-state index in [2.05, 4.69) is 10.4 Å². The number of nitrogens with one attached hydrogen (secondary N) is 1. The fourth-order valence-corrected chi connectivity index (χ4v) is 2.02. The Morgan fingerprint density at radius 2 is 1.96 bits per heavy atom. The van der Waals surface area contributed by atoms with Crippen LogP contribution in [0.2, 0.25) is 0 Å². The van der Waals surface area contributed by atoms with Crippen molar-refractivity contribution < 1.29 is 9.53 Å². The molecule has 1 heterocycles. The molecular weight excluding hydrogens is 292 g/mol. The van der Waals surface area contributed by atoms with Gasteiger partial charge in [-0.05, 0) is 35.7 Å². The summed E-state index contributed by atoms with van der Waals surface area (Å²) >= 11 is 0. The van der Waals surface area contributed by atoms with Gasteiger partial charge < -0.3 is 15.8 Å². The quantitative estimate of drug-likeness (QED) is 0.882. The van der Waals surface area contributed by atoms with Gasteiger partial charge in [0, 0.05) is 6.20 Å². The van der Waals surface area contributed by atoms with Gasteiger partial charge in [0.15, 0.2) is 0 Å². The van der Waals surface area contributed by atoms with E-state index in [1.54, 1.807) is 11.8 Å². The Labute approximate surface area is 136 Å². The molecule has 1 aromatic heterocycles. The molecule has 2 rings (SSSR count). The topological polar surface area (TPSA) is 82.2 Å². The molecule has 0 aliphatic carbocycles. The summed E-state index contributed by atoms with van der Waals surface area (Å²) in [6.45, 7) is 6.17. The molecule has 1 amide bonds. The van der Waals surface area contributed by atoms with Crippen LogP contribution in [0.4, 0.5) is 0 Å². The van der Waals surface area contributed by atoms with Crippen molar-refractivity contribution in [2.24, 2.45) is 11.1 Å². The zero-order valence-electron chi connectivity index (χ0n) is 14.0. The van der Waals surface area contributed by atoms with Crippen LogP contribution in [-0.2, 0) is 11.3 Å². The largest absolute Gasteiger partial charge is 0.497 e. The van der Waals surface area contributed by atoms with Crippen LogP contribution in [0.5, 0.6) is 5.75 Å². The van der Waals surface area contributed by atoms with Gasteiger partial charge in [0.2, 0.25) is 5.91 Å². The van der Waals surface area contributed by atoms with Gasteiger partial charge in [-0.1, -0.05) is 20.8 Å². The van der Waals surface area contributed by atoms with E-state index in [9.17, 15) is 4.79 Å². The number of aromatic nitrogens is 2. The van der Waals surface area contributed by atoms with Crippen molar-refractivity contribution in [1.29, 1.82) is 0 Å². The minimum atomic E-state index is -0.550. The first-order valence-corrected chi connectivity index (χ1v) is 7.53. The van der Waals surface area contributed by atoms with E-state index < -0.39 is 6.04 Å². The maximum absolute atomic E-state index is 12.0. The zero-order chi connectivity index (χ0) is 17.0. The number of methoxy groups -OCH3 is 1. The Bertz CT molecular complexity index is 656. The summed E-state index contributed by atoms with van der Waals surface area (Å²) in [5.74, 6) is 0.626. The third-order valence-corrected chi connectivity index (χ3v) is 3.64. The van der Waals surface area contributed by atoms with Gasteiger partial charge >= 0.3 is 0 Å². The van der Waals surface area contributed by atoms with Crippen molar-refractivity contribution >= 4 is 5.91 Å². The van der Waals surface area contributed by atoms with Gasteiger partial charge in [-0.2, -0.15) is 5.10 Å². The number of benzene rings is 1. The van der Waals surface area contributed by atoms with Crippen LogP contribution in [0.3, 0.4) is 0 Å². The van der Waals surface area contributed by atoms with Gasteiger partial charge in [0.1, 0.15) is 5.75 Å². The highest BCUT2D eigenvalue weighted by atomic mass is 16.5. The summed E-state index contributed by atoms with van der Waals surface area (Å²) in [4.78, 5) is 12.0. The van der Waals surface area contributed by atoms with Crippen molar-refractivity contribution in [3.63, 3.8) is 0 Å². The maximum atomic E-state index is 12.0. The SMILES string of the molecule is COc1ccc(-n2ccc(CNC(=O)[C@@H](N)C(C)(C)C)n2)cc1. The number of hydrogen-bond donors (Lipinski definition) is 2. The Hall–Kier alpha value is -2.34. The Morgan fingerprint density at radius 3 is 2.52 bits per heavy atom. The highest BCUT2D eigenvalue weighted by Crippen LogP contribution is 2.17. The third kappa shape index (κ3) is 4.32. The van der Waals surface area contributed by atoms with E-state index in [-0.39, 0.29) is 11.3 Å². The molecule has 23 heavy (non-hydrogen) atoms. The second-order valence-electron chi connectivity index (χ2n) is 6.51. The first-order chi connectivity index (χ1) is 10.8. The summed E-state index contributed by atoms with van der Waals surface area (Å²) in [6, 6.07) is 8.91. The fourth-order valence-electron chi connectivity index (χ4n) is 2.02. The number of hydrogen-bond acceptors (Lipinski definition) is 4. The summed E-state index contributed by atoms with van der Waals surface area (Å²) in [5.41, 5.74) is 7.36. The summed E-state index contributed by atoms with van der Waals surface area (Å²) in [5, 5.41) is 7.28. The van der Waals surface area contributed by atoms with Gasteiger partial charge in [0.25, 0.3) is 0 Å². The Kier molecular flexibility index (Phi) is 5.05. The predicted molar refractivity (Wildman–Crippen MR) is 89.4 cm³/mol. The molecular formula is C17H24N4O2. The average Bonchev–Trinajstić information content (AvgIpc) is 3.00. The molecule has 2 aromatic rings. The van der Waals surface area contributed by atoms with Crippen LogP contribution in [0.1, 0.15) is 26.5 Å². The van der Waals surface area contributed by atoms with Crippen LogP contribution in [0.25, 0.3) is 5.69 Å². The standard InChI is InChI=1S/C17H24N4O2/c1-17(2,3)15(18)16(22)19-11-12-9-10-21(20-12)13-5-7-14(23-4)8-6-13/h5-10,15H,11,18H2,1-4H3,(H,19,22)/t15-/m1/s1. The van der Waals surface area contributed by atoms with Crippen LogP contribution in [0, 0.1) is 5.41 Å². The first kappa shape index (κ1) is 17.0. The normalized spacial score (nSPS) is 12.7. The smallest absolute Gasteiger partial charge is 0.237 e.